The molecule has 1 aromatic rings. The number of hydrogen-bond acceptors (Lipinski definition) is 1. The van der Waals surface area contributed by atoms with E-state index in [4.69, 9.17) is 0 Å². The van der Waals surface area contributed by atoms with Crippen molar-refractivity contribution < 1.29 is 18.3 Å². The molecule has 1 saturated carbocycles. The Morgan fingerprint density at radius 3 is 2.39 bits per heavy atom. The molecular formula is C14H17F3O. The van der Waals surface area contributed by atoms with Crippen LogP contribution < -0.4 is 0 Å². The van der Waals surface area contributed by atoms with Crippen LogP contribution in [0.1, 0.15) is 37.4 Å². The Balaban J connectivity index is 2.05. The van der Waals surface area contributed by atoms with Gasteiger partial charge in [0.2, 0.25) is 0 Å². The van der Waals surface area contributed by atoms with Crippen LogP contribution in [-0.2, 0) is 0 Å². The zero-order valence-electron chi connectivity index (χ0n) is 10.0. The van der Waals surface area contributed by atoms with Crippen molar-refractivity contribution in [3.63, 3.8) is 0 Å². The van der Waals surface area contributed by atoms with E-state index in [0.717, 1.165) is 0 Å². The van der Waals surface area contributed by atoms with Crippen molar-refractivity contribution in [2.45, 2.75) is 38.0 Å². The Kier molecular flexibility index (Phi) is 3.95. The molecule has 1 N–H and O–H groups in total. The van der Waals surface area contributed by atoms with Gasteiger partial charge in [-0.1, -0.05) is 36.8 Å². The summed E-state index contributed by atoms with van der Waals surface area (Å²) in [6.07, 6.45) is -3.46. The van der Waals surface area contributed by atoms with E-state index in [1.807, 2.05) is 6.07 Å². The average molecular weight is 258 g/mol. The molecule has 2 rings (SSSR count). The first-order valence-electron chi connectivity index (χ1n) is 6.28. The largest absolute Gasteiger partial charge is 0.391 e. The van der Waals surface area contributed by atoms with Gasteiger partial charge in [0.15, 0.2) is 0 Å². The van der Waals surface area contributed by atoms with Crippen LogP contribution in [0.3, 0.4) is 0 Å². The van der Waals surface area contributed by atoms with Gasteiger partial charge in [-0.05, 0) is 30.7 Å². The minimum Gasteiger partial charge on any atom is -0.388 e. The Hall–Kier alpha value is -1.03. The van der Waals surface area contributed by atoms with Crippen molar-refractivity contribution >= 4 is 0 Å². The highest BCUT2D eigenvalue weighted by molar-refractivity contribution is 5.18. The van der Waals surface area contributed by atoms with Gasteiger partial charge < -0.3 is 5.11 Å². The van der Waals surface area contributed by atoms with Gasteiger partial charge in [-0.25, -0.2) is 0 Å². The normalized spacial score (nSPS) is 26.9. The van der Waals surface area contributed by atoms with Gasteiger partial charge in [0, 0.05) is 0 Å². The predicted octanol–water partition coefficient (Wildman–Crippen LogP) is 4.09. The SMILES string of the molecule is OC(c1ccccc1)C1CCCC(C(F)(F)F)C1. The van der Waals surface area contributed by atoms with Crippen molar-refractivity contribution in [3.8, 4) is 0 Å². The van der Waals surface area contributed by atoms with E-state index < -0.39 is 18.2 Å². The lowest BCUT2D eigenvalue weighted by atomic mass is 9.77. The molecule has 3 unspecified atom stereocenters. The molecule has 18 heavy (non-hydrogen) atoms. The highest BCUT2D eigenvalue weighted by Crippen LogP contribution is 2.43. The summed E-state index contributed by atoms with van der Waals surface area (Å²) in [5.41, 5.74) is 0.713. The molecule has 0 amide bonds. The maximum atomic E-state index is 12.7. The van der Waals surface area contributed by atoms with E-state index in [1.54, 1.807) is 24.3 Å². The fourth-order valence-corrected chi connectivity index (χ4v) is 2.73. The molecule has 1 fully saturated rings. The third kappa shape index (κ3) is 3.05. The second-order valence-corrected chi connectivity index (χ2v) is 5.02. The fraction of sp³-hybridized carbons (Fsp3) is 0.571. The molecule has 0 radical (unpaired) electrons. The topological polar surface area (TPSA) is 20.2 Å². The molecule has 0 aliphatic heterocycles. The zero-order chi connectivity index (χ0) is 13.2. The summed E-state index contributed by atoms with van der Waals surface area (Å²) in [5.74, 6) is -1.54. The van der Waals surface area contributed by atoms with Gasteiger partial charge in [-0.2, -0.15) is 13.2 Å². The highest BCUT2D eigenvalue weighted by atomic mass is 19.4. The summed E-state index contributed by atoms with van der Waals surface area (Å²) in [6, 6.07) is 8.95. The average Bonchev–Trinajstić information content (AvgIpc) is 2.38. The van der Waals surface area contributed by atoms with Crippen molar-refractivity contribution in [3.05, 3.63) is 35.9 Å². The van der Waals surface area contributed by atoms with Crippen molar-refractivity contribution in [2.24, 2.45) is 11.8 Å². The molecule has 0 bridgehead atoms. The monoisotopic (exact) mass is 258 g/mol. The molecule has 1 aromatic carbocycles. The number of rotatable bonds is 2. The van der Waals surface area contributed by atoms with E-state index in [0.29, 0.717) is 18.4 Å². The third-order valence-corrected chi connectivity index (χ3v) is 3.77. The van der Waals surface area contributed by atoms with Crippen LogP contribution >= 0.6 is 0 Å². The molecule has 100 valence electrons. The smallest absolute Gasteiger partial charge is 0.388 e. The van der Waals surface area contributed by atoms with E-state index in [2.05, 4.69) is 0 Å². The third-order valence-electron chi connectivity index (χ3n) is 3.77. The second-order valence-electron chi connectivity index (χ2n) is 5.02. The Labute approximate surface area is 105 Å². The lowest BCUT2D eigenvalue weighted by molar-refractivity contribution is -0.189. The minimum atomic E-state index is -4.13. The number of halogens is 3. The van der Waals surface area contributed by atoms with Gasteiger partial charge in [-0.15, -0.1) is 0 Å². The van der Waals surface area contributed by atoms with Crippen molar-refractivity contribution in [1.82, 2.24) is 0 Å². The maximum Gasteiger partial charge on any atom is 0.391 e. The van der Waals surface area contributed by atoms with Crippen LogP contribution in [0, 0.1) is 11.8 Å². The fourth-order valence-electron chi connectivity index (χ4n) is 2.73. The standard InChI is InChI=1S/C14H17F3O/c15-14(16,17)12-8-4-7-11(9-12)13(18)10-5-2-1-3-6-10/h1-3,5-6,11-13,18H,4,7-9H2. The first kappa shape index (κ1) is 13.4. The molecule has 1 nitrogen and oxygen atoms in total. The van der Waals surface area contributed by atoms with E-state index in [9.17, 15) is 18.3 Å². The molecule has 3 atom stereocenters. The molecule has 4 heteroatoms. The maximum absolute atomic E-state index is 12.7. The molecule has 0 aromatic heterocycles. The van der Waals surface area contributed by atoms with Crippen LogP contribution in [0.4, 0.5) is 13.2 Å². The Bertz CT molecular complexity index is 374. The summed E-state index contributed by atoms with van der Waals surface area (Å²) in [4.78, 5) is 0. The van der Waals surface area contributed by atoms with Crippen LogP contribution in [-0.4, -0.2) is 11.3 Å². The number of alkyl halides is 3. The summed E-state index contributed by atoms with van der Waals surface area (Å²) in [7, 11) is 0. The lowest BCUT2D eigenvalue weighted by Gasteiger charge is -2.33. The van der Waals surface area contributed by atoms with Gasteiger partial charge in [0.25, 0.3) is 0 Å². The Morgan fingerprint density at radius 1 is 1.11 bits per heavy atom. The van der Waals surface area contributed by atoms with Gasteiger partial charge in [0.05, 0.1) is 12.0 Å². The van der Waals surface area contributed by atoms with Gasteiger partial charge in [0.1, 0.15) is 0 Å². The molecule has 1 aliphatic carbocycles. The van der Waals surface area contributed by atoms with E-state index in [-0.39, 0.29) is 18.8 Å². The first-order chi connectivity index (χ1) is 8.48. The van der Waals surface area contributed by atoms with Gasteiger partial charge in [-0.3, -0.25) is 0 Å². The quantitative estimate of drug-likeness (QED) is 0.847. The van der Waals surface area contributed by atoms with E-state index >= 15 is 0 Å². The zero-order valence-corrected chi connectivity index (χ0v) is 10.0. The van der Waals surface area contributed by atoms with Crippen molar-refractivity contribution in [2.75, 3.05) is 0 Å². The summed E-state index contributed by atoms with van der Waals surface area (Å²) in [5, 5.41) is 10.2. The van der Waals surface area contributed by atoms with Crippen molar-refractivity contribution in [1.29, 1.82) is 0 Å². The summed E-state index contributed by atoms with van der Waals surface area (Å²) in [6.45, 7) is 0. The number of aliphatic hydroxyl groups is 1. The number of hydrogen-bond donors (Lipinski definition) is 1. The molecule has 0 spiro atoms. The lowest BCUT2D eigenvalue weighted by Crippen LogP contribution is -2.31. The summed E-state index contributed by atoms with van der Waals surface area (Å²) >= 11 is 0. The van der Waals surface area contributed by atoms with Crippen LogP contribution in [0.15, 0.2) is 30.3 Å². The van der Waals surface area contributed by atoms with Gasteiger partial charge >= 0.3 is 6.18 Å². The predicted molar refractivity (Wildman–Crippen MR) is 62.9 cm³/mol. The van der Waals surface area contributed by atoms with E-state index in [1.165, 1.54) is 0 Å². The highest BCUT2D eigenvalue weighted by Gasteiger charge is 2.43. The van der Waals surface area contributed by atoms with Crippen LogP contribution in [0.5, 0.6) is 0 Å². The molecule has 0 heterocycles. The minimum absolute atomic E-state index is 0.0412. The molecule has 1 aliphatic rings. The number of benzene rings is 1. The second kappa shape index (κ2) is 5.31. The Morgan fingerprint density at radius 2 is 1.78 bits per heavy atom. The first-order valence-corrected chi connectivity index (χ1v) is 6.28. The number of aliphatic hydroxyl groups excluding tert-OH is 1. The molecule has 0 saturated heterocycles. The van der Waals surface area contributed by atoms with Crippen LogP contribution in [0.25, 0.3) is 0 Å². The summed E-state index contributed by atoms with van der Waals surface area (Å²) < 4.78 is 38.1. The van der Waals surface area contributed by atoms with Crippen LogP contribution in [0.2, 0.25) is 0 Å². The molecular weight excluding hydrogens is 241 g/mol.